The molecule has 0 saturated carbocycles. The van der Waals surface area contributed by atoms with Crippen LogP contribution < -0.4 is 0 Å². The lowest BCUT2D eigenvalue weighted by Crippen LogP contribution is -2.48. The van der Waals surface area contributed by atoms with Crippen LogP contribution in [-0.2, 0) is 14.2 Å². The Balaban J connectivity index is 1.77. The van der Waals surface area contributed by atoms with Crippen LogP contribution in [0.25, 0.3) is 0 Å². The van der Waals surface area contributed by atoms with E-state index in [2.05, 4.69) is 10.3 Å². The highest BCUT2D eigenvalue weighted by Crippen LogP contribution is 2.42. The highest BCUT2D eigenvalue weighted by molar-refractivity contribution is 5.87. The molecule has 0 aliphatic carbocycles. The van der Waals surface area contributed by atoms with Crippen LogP contribution in [0.15, 0.2) is 6.20 Å². The maximum absolute atomic E-state index is 12.0. The van der Waals surface area contributed by atoms with Crippen LogP contribution in [-0.4, -0.2) is 51.2 Å². The van der Waals surface area contributed by atoms with Gasteiger partial charge in [0, 0.05) is 12.8 Å². The third kappa shape index (κ3) is 3.39. The minimum absolute atomic E-state index is 0.00677. The van der Waals surface area contributed by atoms with Gasteiger partial charge in [0.15, 0.2) is 17.7 Å². The molecule has 2 saturated heterocycles. The predicted octanol–water partition coefficient (Wildman–Crippen LogP) is 1.41. The van der Waals surface area contributed by atoms with E-state index >= 15 is 0 Å². The first-order chi connectivity index (χ1) is 11.2. The van der Waals surface area contributed by atoms with Crippen molar-refractivity contribution in [1.82, 2.24) is 15.0 Å². The number of carbonyl (C=O) groups excluding carboxylic acids is 1. The quantitative estimate of drug-likeness (QED) is 0.836. The van der Waals surface area contributed by atoms with Crippen LogP contribution in [0.1, 0.15) is 62.2 Å². The molecule has 0 amide bonds. The fourth-order valence-electron chi connectivity index (χ4n) is 3.31. The molecule has 1 unspecified atom stereocenters. The van der Waals surface area contributed by atoms with Crippen molar-refractivity contribution in [3.05, 3.63) is 11.9 Å². The normalized spacial score (nSPS) is 31.2. The Morgan fingerprint density at radius 1 is 1.43 bits per heavy atom. The summed E-state index contributed by atoms with van der Waals surface area (Å²) in [6.45, 7) is 2.04. The zero-order valence-corrected chi connectivity index (χ0v) is 13.3. The highest BCUT2D eigenvalue weighted by Gasteiger charge is 2.43. The van der Waals surface area contributed by atoms with E-state index in [4.69, 9.17) is 14.2 Å². The second-order valence-corrected chi connectivity index (χ2v) is 5.97. The van der Waals surface area contributed by atoms with Gasteiger partial charge in [-0.2, -0.15) is 0 Å². The molecular weight excluding hydrogens is 302 g/mol. The standard InChI is InChI=1S/C15H23N3O5/c1-2-21-14(20)12-9-16-17-18(12)13-6-4-8-15(23-13)7-3-5-11(10-19)22-15/h9,11,13,19H,2-8,10H2,1H3/t11-,13-,15?/m0/s1. The number of rotatable bonds is 4. The lowest BCUT2D eigenvalue weighted by Gasteiger charge is -2.45. The van der Waals surface area contributed by atoms with Gasteiger partial charge in [-0.1, -0.05) is 5.21 Å². The van der Waals surface area contributed by atoms with Crippen molar-refractivity contribution in [2.75, 3.05) is 13.2 Å². The fourth-order valence-corrected chi connectivity index (χ4v) is 3.31. The molecule has 1 aromatic rings. The highest BCUT2D eigenvalue weighted by atomic mass is 16.7. The molecule has 0 bridgehead atoms. The van der Waals surface area contributed by atoms with Gasteiger partial charge in [-0.15, -0.1) is 5.10 Å². The van der Waals surface area contributed by atoms with E-state index < -0.39 is 18.0 Å². The van der Waals surface area contributed by atoms with Crippen LogP contribution in [0.4, 0.5) is 0 Å². The summed E-state index contributed by atoms with van der Waals surface area (Å²) >= 11 is 0. The lowest BCUT2D eigenvalue weighted by molar-refractivity contribution is -0.332. The maximum atomic E-state index is 12.0. The molecule has 0 radical (unpaired) electrons. The lowest BCUT2D eigenvalue weighted by atomic mass is 9.94. The van der Waals surface area contributed by atoms with E-state index in [1.165, 1.54) is 10.9 Å². The summed E-state index contributed by atoms with van der Waals surface area (Å²) in [7, 11) is 0. The minimum atomic E-state index is -0.702. The van der Waals surface area contributed by atoms with Crippen molar-refractivity contribution in [2.24, 2.45) is 0 Å². The third-order valence-electron chi connectivity index (χ3n) is 4.36. The molecule has 128 valence electrons. The van der Waals surface area contributed by atoms with Crippen molar-refractivity contribution < 1.29 is 24.1 Å². The number of nitrogens with zero attached hydrogens (tertiary/aromatic N) is 3. The first-order valence-electron chi connectivity index (χ1n) is 8.21. The molecule has 3 atom stereocenters. The van der Waals surface area contributed by atoms with Crippen LogP contribution in [0.2, 0.25) is 0 Å². The molecule has 2 aliphatic rings. The molecule has 0 aromatic carbocycles. The zero-order chi connectivity index (χ0) is 16.3. The van der Waals surface area contributed by atoms with Crippen molar-refractivity contribution >= 4 is 5.97 Å². The number of hydrogen-bond acceptors (Lipinski definition) is 7. The Morgan fingerprint density at radius 2 is 2.22 bits per heavy atom. The van der Waals surface area contributed by atoms with E-state index in [0.29, 0.717) is 6.61 Å². The van der Waals surface area contributed by atoms with Crippen LogP contribution in [0.3, 0.4) is 0 Å². The molecule has 3 rings (SSSR count). The Kier molecular flexibility index (Phi) is 4.93. The molecule has 1 spiro atoms. The van der Waals surface area contributed by atoms with Crippen LogP contribution in [0.5, 0.6) is 0 Å². The van der Waals surface area contributed by atoms with Gasteiger partial charge in [-0.05, 0) is 32.6 Å². The first kappa shape index (κ1) is 16.4. The average molecular weight is 325 g/mol. The molecule has 23 heavy (non-hydrogen) atoms. The number of aliphatic hydroxyl groups is 1. The molecule has 2 aliphatic heterocycles. The molecule has 1 N–H and O–H groups in total. The van der Waals surface area contributed by atoms with E-state index in [1.807, 2.05) is 0 Å². The molecule has 8 nitrogen and oxygen atoms in total. The van der Waals surface area contributed by atoms with Gasteiger partial charge in [-0.3, -0.25) is 0 Å². The third-order valence-corrected chi connectivity index (χ3v) is 4.36. The second-order valence-electron chi connectivity index (χ2n) is 5.97. The number of aliphatic hydroxyl groups excluding tert-OH is 1. The van der Waals surface area contributed by atoms with E-state index in [1.54, 1.807) is 6.92 Å². The number of esters is 1. The Bertz CT molecular complexity index is 545. The monoisotopic (exact) mass is 325 g/mol. The summed E-state index contributed by atoms with van der Waals surface area (Å²) in [4.78, 5) is 12.0. The van der Waals surface area contributed by atoms with Crippen LogP contribution >= 0.6 is 0 Å². The largest absolute Gasteiger partial charge is 0.461 e. The summed E-state index contributed by atoms with van der Waals surface area (Å²) in [5.74, 6) is -1.16. The first-order valence-corrected chi connectivity index (χ1v) is 8.21. The Labute approximate surface area is 134 Å². The summed E-state index contributed by atoms with van der Waals surface area (Å²) in [5, 5.41) is 17.2. The number of ether oxygens (including phenoxy) is 3. The SMILES string of the molecule is CCOC(=O)c1cnnn1[C@@H]1CCCC2(CCC[C@@H](CO)O2)O1. The molecule has 3 heterocycles. The van der Waals surface area contributed by atoms with Crippen molar-refractivity contribution in [2.45, 2.75) is 63.6 Å². The van der Waals surface area contributed by atoms with Crippen LogP contribution in [0, 0.1) is 0 Å². The summed E-state index contributed by atoms with van der Waals surface area (Å²) in [6, 6.07) is 0. The smallest absolute Gasteiger partial charge is 0.358 e. The summed E-state index contributed by atoms with van der Waals surface area (Å²) in [5.41, 5.74) is 0.281. The molecule has 2 fully saturated rings. The van der Waals surface area contributed by atoms with Crippen molar-refractivity contribution in [1.29, 1.82) is 0 Å². The van der Waals surface area contributed by atoms with E-state index in [9.17, 15) is 9.90 Å². The topological polar surface area (TPSA) is 95.7 Å². The van der Waals surface area contributed by atoms with E-state index in [0.717, 1.165) is 38.5 Å². The van der Waals surface area contributed by atoms with E-state index in [-0.39, 0.29) is 18.4 Å². The minimum Gasteiger partial charge on any atom is -0.461 e. The zero-order valence-electron chi connectivity index (χ0n) is 13.3. The summed E-state index contributed by atoms with van der Waals surface area (Å²) in [6.07, 6.45) is 5.75. The van der Waals surface area contributed by atoms with Gasteiger partial charge in [0.25, 0.3) is 0 Å². The van der Waals surface area contributed by atoms with Crippen molar-refractivity contribution in [3.8, 4) is 0 Å². The second kappa shape index (κ2) is 6.94. The van der Waals surface area contributed by atoms with Gasteiger partial charge < -0.3 is 19.3 Å². The summed E-state index contributed by atoms with van der Waals surface area (Å²) < 4.78 is 18.7. The predicted molar refractivity (Wildman–Crippen MR) is 78.5 cm³/mol. The van der Waals surface area contributed by atoms with Gasteiger partial charge in [0.2, 0.25) is 0 Å². The van der Waals surface area contributed by atoms with Gasteiger partial charge >= 0.3 is 5.97 Å². The van der Waals surface area contributed by atoms with Gasteiger partial charge in [0.05, 0.1) is 25.5 Å². The van der Waals surface area contributed by atoms with Gasteiger partial charge in [0.1, 0.15) is 0 Å². The fraction of sp³-hybridized carbons (Fsp3) is 0.800. The Hall–Kier alpha value is -1.51. The number of hydrogen-bond donors (Lipinski definition) is 1. The number of aromatic nitrogens is 3. The molecule has 8 heteroatoms. The van der Waals surface area contributed by atoms with Crippen molar-refractivity contribution in [3.63, 3.8) is 0 Å². The maximum Gasteiger partial charge on any atom is 0.358 e. The Morgan fingerprint density at radius 3 is 2.96 bits per heavy atom. The number of carbonyl (C=O) groups is 1. The van der Waals surface area contributed by atoms with Gasteiger partial charge in [-0.25, -0.2) is 9.48 Å². The molecule has 1 aromatic heterocycles. The molecular formula is C15H23N3O5. The average Bonchev–Trinajstić information content (AvgIpc) is 3.05.